The molecule has 1 aromatic heterocycles. The summed E-state index contributed by atoms with van der Waals surface area (Å²) in [7, 11) is 0. The number of carbonyl (C=O) groups excluding carboxylic acids is 1. The maximum Gasteiger partial charge on any atom is 0.267 e. The molecule has 5 nitrogen and oxygen atoms in total. The summed E-state index contributed by atoms with van der Waals surface area (Å²) in [5.74, 6) is 0.675. The highest BCUT2D eigenvalue weighted by atomic mass is 16.2. The maximum absolute atomic E-state index is 12.0. The Labute approximate surface area is 100 Å². The van der Waals surface area contributed by atoms with E-state index in [4.69, 9.17) is 0 Å². The molecule has 0 unspecified atom stereocenters. The van der Waals surface area contributed by atoms with Gasteiger partial charge in [0, 0.05) is 25.4 Å². The average Bonchev–Trinajstić information content (AvgIpc) is 2.33. The Morgan fingerprint density at radius 3 is 2.82 bits per heavy atom. The summed E-state index contributed by atoms with van der Waals surface area (Å²) >= 11 is 0. The third-order valence-corrected chi connectivity index (χ3v) is 3.21. The zero-order valence-corrected chi connectivity index (χ0v) is 10.0. The van der Waals surface area contributed by atoms with Gasteiger partial charge in [-0.2, -0.15) is 5.10 Å². The van der Waals surface area contributed by atoms with Crippen LogP contribution in [0.1, 0.15) is 19.8 Å². The molecule has 0 atom stereocenters. The SMILES string of the molecule is CC1CCN(C(=O)Cn2ncccc2=O)CC1. The van der Waals surface area contributed by atoms with E-state index in [2.05, 4.69) is 12.0 Å². The lowest BCUT2D eigenvalue weighted by atomic mass is 9.99. The molecule has 1 saturated heterocycles. The van der Waals surface area contributed by atoms with Crippen molar-refractivity contribution < 1.29 is 4.79 Å². The third kappa shape index (κ3) is 2.93. The molecule has 0 N–H and O–H groups in total. The number of hydrogen-bond donors (Lipinski definition) is 0. The quantitative estimate of drug-likeness (QED) is 0.750. The van der Waals surface area contributed by atoms with Crippen LogP contribution < -0.4 is 5.56 Å². The lowest BCUT2D eigenvalue weighted by Crippen LogP contribution is -2.41. The van der Waals surface area contributed by atoms with Gasteiger partial charge in [-0.3, -0.25) is 9.59 Å². The standard InChI is InChI=1S/C12H17N3O2/c1-10-4-7-14(8-5-10)12(17)9-15-11(16)3-2-6-13-15/h2-3,6,10H,4-5,7-9H2,1H3. The molecule has 17 heavy (non-hydrogen) atoms. The number of amides is 1. The van der Waals surface area contributed by atoms with Gasteiger partial charge < -0.3 is 4.90 Å². The highest BCUT2D eigenvalue weighted by Crippen LogP contribution is 2.15. The van der Waals surface area contributed by atoms with Crippen LogP contribution in [0.2, 0.25) is 0 Å². The van der Waals surface area contributed by atoms with Gasteiger partial charge in [0.05, 0.1) is 0 Å². The Hall–Kier alpha value is -1.65. The predicted molar refractivity (Wildman–Crippen MR) is 63.5 cm³/mol. The smallest absolute Gasteiger partial charge is 0.267 e. The van der Waals surface area contributed by atoms with Crippen LogP contribution in [0.3, 0.4) is 0 Å². The minimum absolute atomic E-state index is 0.0160. The second-order valence-electron chi connectivity index (χ2n) is 4.58. The van der Waals surface area contributed by atoms with Gasteiger partial charge >= 0.3 is 0 Å². The van der Waals surface area contributed by atoms with Crippen molar-refractivity contribution in [2.45, 2.75) is 26.3 Å². The van der Waals surface area contributed by atoms with E-state index in [9.17, 15) is 9.59 Å². The van der Waals surface area contributed by atoms with Crippen molar-refractivity contribution in [3.8, 4) is 0 Å². The van der Waals surface area contributed by atoms with Crippen LogP contribution in [0.4, 0.5) is 0 Å². The lowest BCUT2D eigenvalue weighted by Gasteiger charge is -2.30. The first-order valence-corrected chi connectivity index (χ1v) is 5.97. The molecule has 0 aromatic carbocycles. The highest BCUT2D eigenvalue weighted by molar-refractivity contribution is 5.75. The Kier molecular flexibility index (Phi) is 3.56. The fourth-order valence-corrected chi connectivity index (χ4v) is 1.99. The summed E-state index contributed by atoms with van der Waals surface area (Å²) in [5, 5.41) is 3.88. The van der Waals surface area contributed by atoms with Gasteiger partial charge in [-0.1, -0.05) is 6.92 Å². The van der Waals surface area contributed by atoms with Crippen LogP contribution in [0.5, 0.6) is 0 Å². The number of carbonyl (C=O) groups is 1. The van der Waals surface area contributed by atoms with Gasteiger partial charge in [-0.15, -0.1) is 0 Å². The number of likely N-dealkylation sites (tertiary alicyclic amines) is 1. The van der Waals surface area contributed by atoms with Gasteiger partial charge in [0.2, 0.25) is 5.91 Å². The van der Waals surface area contributed by atoms with Gasteiger partial charge in [0.25, 0.3) is 5.56 Å². The van der Waals surface area contributed by atoms with Crippen molar-refractivity contribution >= 4 is 5.91 Å². The van der Waals surface area contributed by atoms with Gasteiger partial charge in [0.15, 0.2) is 0 Å². The Bertz CT molecular complexity index is 447. The van der Waals surface area contributed by atoms with Crippen molar-refractivity contribution in [3.63, 3.8) is 0 Å². The molecule has 2 heterocycles. The number of rotatable bonds is 2. The second kappa shape index (κ2) is 5.12. The lowest BCUT2D eigenvalue weighted by molar-refractivity contribution is -0.133. The first-order valence-electron chi connectivity index (χ1n) is 5.97. The molecule has 1 aliphatic heterocycles. The monoisotopic (exact) mass is 235 g/mol. The first kappa shape index (κ1) is 11.8. The van der Waals surface area contributed by atoms with E-state index in [-0.39, 0.29) is 18.0 Å². The number of nitrogens with zero attached hydrogens (tertiary/aromatic N) is 3. The fraction of sp³-hybridized carbons (Fsp3) is 0.583. The van der Waals surface area contributed by atoms with Crippen molar-refractivity contribution in [1.82, 2.24) is 14.7 Å². The van der Waals surface area contributed by atoms with E-state index >= 15 is 0 Å². The van der Waals surface area contributed by atoms with Gasteiger partial charge in [0.1, 0.15) is 6.54 Å². The number of aromatic nitrogens is 2. The van der Waals surface area contributed by atoms with Crippen LogP contribution >= 0.6 is 0 Å². The summed E-state index contributed by atoms with van der Waals surface area (Å²) in [5.41, 5.74) is -0.230. The minimum Gasteiger partial charge on any atom is -0.341 e. The van der Waals surface area contributed by atoms with Crippen LogP contribution in [0, 0.1) is 5.92 Å². The predicted octanol–water partition coefficient (Wildman–Crippen LogP) is 0.502. The van der Waals surface area contributed by atoms with E-state index in [1.54, 1.807) is 6.07 Å². The summed E-state index contributed by atoms with van der Waals surface area (Å²) < 4.78 is 1.21. The van der Waals surface area contributed by atoms with Crippen molar-refractivity contribution in [1.29, 1.82) is 0 Å². The van der Waals surface area contributed by atoms with Crippen LogP contribution in [0.15, 0.2) is 23.1 Å². The molecular formula is C12H17N3O2. The van der Waals surface area contributed by atoms with Gasteiger partial charge in [-0.05, 0) is 24.8 Å². The van der Waals surface area contributed by atoms with Crippen molar-refractivity contribution in [3.05, 3.63) is 28.7 Å². The topological polar surface area (TPSA) is 55.2 Å². The summed E-state index contributed by atoms with van der Waals surface area (Å²) in [4.78, 5) is 25.2. The molecule has 2 rings (SSSR count). The molecule has 0 saturated carbocycles. The number of piperidine rings is 1. The average molecular weight is 235 g/mol. The molecule has 1 aliphatic rings. The molecular weight excluding hydrogens is 218 g/mol. The maximum atomic E-state index is 12.0. The molecule has 0 aliphatic carbocycles. The molecule has 1 fully saturated rings. The van der Waals surface area contributed by atoms with Crippen LogP contribution in [-0.2, 0) is 11.3 Å². The zero-order chi connectivity index (χ0) is 12.3. The summed E-state index contributed by atoms with van der Waals surface area (Å²) in [6, 6.07) is 2.99. The molecule has 0 spiro atoms. The Balaban J connectivity index is 1.98. The fourth-order valence-electron chi connectivity index (χ4n) is 1.99. The van der Waals surface area contributed by atoms with E-state index in [0.717, 1.165) is 25.9 Å². The molecule has 0 bridgehead atoms. The molecule has 1 amide bonds. The molecule has 0 radical (unpaired) electrons. The summed E-state index contributed by atoms with van der Waals surface area (Å²) in [6.45, 7) is 3.84. The molecule has 5 heteroatoms. The highest BCUT2D eigenvalue weighted by Gasteiger charge is 2.20. The normalized spacial score (nSPS) is 17.1. The third-order valence-electron chi connectivity index (χ3n) is 3.21. The van der Waals surface area contributed by atoms with E-state index in [1.807, 2.05) is 4.90 Å². The largest absolute Gasteiger partial charge is 0.341 e. The van der Waals surface area contributed by atoms with Crippen molar-refractivity contribution in [2.75, 3.05) is 13.1 Å². The second-order valence-corrected chi connectivity index (χ2v) is 4.58. The Morgan fingerprint density at radius 1 is 1.47 bits per heavy atom. The molecule has 1 aromatic rings. The minimum atomic E-state index is -0.230. The van der Waals surface area contributed by atoms with Crippen LogP contribution in [0.25, 0.3) is 0 Å². The summed E-state index contributed by atoms with van der Waals surface area (Å²) in [6.07, 6.45) is 3.61. The molecule has 92 valence electrons. The van der Waals surface area contributed by atoms with E-state index < -0.39 is 0 Å². The Morgan fingerprint density at radius 2 is 2.18 bits per heavy atom. The first-order chi connectivity index (χ1) is 8.16. The zero-order valence-electron chi connectivity index (χ0n) is 10.0. The van der Waals surface area contributed by atoms with E-state index in [0.29, 0.717) is 5.92 Å². The van der Waals surface area contributed by atoms with Gasteiger partial charge in [-0.25, -0.2) is 4.68 Å². The van der Waals surface area contributed by atoms with Crippen LogP contribution in [-0.4, -0.2) is 33.7 Å². The van der Waals surface area contributed by atoms with E-state index in [1.165, 1.54) is 16.9 Å². The number of hydrogen-bond acceptors (Lipinski definition) is 3. The van der Waals surface area contributed by atoms with Crippen molar-refractivity contribution in [2.24, 2.45) is 5.92 Å².